The van der Waals surface area contributed by atoms with Gasteiger partial charge in [0.05, 0.1) is 13.1 Å². The van der Waals surface area contributed by atoms with Gasteiger partial charge in [-0.2, -0.15) is 4.98 Å². The first-order chi connectivity index (χ1) is 14.6. The first-order valence-corrected chi connectivity index (χ1v) is 9.93. The van der Waals surface area contributed by atoms with Crippen molar-refractivity contribution in [1.29, 1.82) is 0 Å². The van der Waals surface area contributed by atoms with Crippen molar-refractivity contribution in [2.24, 2.45) is 0 Å². The average Bonchev–Trinajstić information content (AvgIpc) is 2.76. The highest BCUT2D eigenvalue weighted by Crippen LogP contribution is 2.23. The standard InChI is InChI=1S/C22H24N6O2/c1-3-15-6-4-9-18(10-15)30-19-12-28(13-19)22-25-14-24-21(27-22)26-17-8-5-7-16(11-17)20(29)23-2/h4-11,14,19H,3,12-13H2,1-2H3,(H,23,29)(H,24,25,26,27). The molecule has 8 nitrogen and oxygen atoms in total. The van der Waals surface area contributed by atoms with E-state index in [1.165, 1.54) is 11.9 Å². The molecule has 1 fully saturated rings. The van der Waals surface area contributed by atoms with Crippen LogP contribution in [0.5, 0.6) is 5.75 Å². The van der Waals surface area contributed by atoms with E-state index in [1.54, 1.807) is 25.2 Å². The van der Waals surface area contributed by atoms with E-state index in [0.717, 1.165) is 17.9 Å². The van der Waals surface area contributed by atoms with Gasteiger partial charge in [-0.1, -0.05) is 25.1 Å². The fraction of sp³-hybridized carbons (Fsp3) is 0.273. The molecule has 154 valence electrons. The Labute approximate surface area is 175 Å². The Balaban J connectivity index is 1.37. The number of carbonyl (C=O) groups is 1. The molecule has 2 heterocycles. The molecule has 0 spiro atoms. The third kappa shape index (κ3) is 4.48. The molecule has 0 radical (unpaired) electrons. The third-order valence-electron chi connectivity index (χ3n) is 4.91. The van der Waals surface area contributed by atoms with Crippen LogP contribution in [0.25, 0.3) is 0 Å². The smallest absolute Gasteiger partial charge is 0.251 e. The molecule has 0 atom stereocenters. The Kier molecular flexibility index (Phi) is 5.74. The van der Waals surface area contributed by atoms with E-state index in [2.05, 4.69) is 44.6 Å². The molecule has 2 N–H and O–H groups in total. The van der Waals surface area contributed by atoms with Crippen LogP contribution in [0.3, 0.4) is 0 Å². The van der Waals surface area contributed by atoms with Crippen LogP contribution in [-0.4, -0.2) is 47.1 Å². The van der Waals surface area contributed by atoms with Gasteiger partial charge in [0.1, 0.15) is 18.2 Å². The minimum atomic E-state index is -0.147. The molecule has 1 amide bonds. The predicted octanol–water partition coefficient (Wildman–Crippen LogP) is 2.80. The number of anilines is 3. The second-order valence-electron chi connectivity index (χ2n) is 7.04. The van der Waals surface area contributed by atoms with Crippen molar-refractivity contribution in [3.05, 3.63) is 66.0 Å². The first kappa shape index (κ1) is 19.6. The number of aromatic nitrogens is 3. The highest BCUT2D eigenvalue weighted by atomic mass is 16.5. The highest BCUT2D eigenvalue weighted by Gasteiger charge is 2.30. The van der Waals surface area contributed by atoms with Gasteiger partial charge in [-0.3, -0.25) is 4.79 Å². The molecule has 0 unspecified atom stereocenters. The maximum Gasteiger partial charge on any atom is 0.251 e. The van der Waals surface area contributed by atoms with E-state index in [-0.39, 0.29) is 12.0 Å². The fourth-order valence-electron chi connectivity index (χ4n) is 3.22. The summed E-state index contributed by atoms with van der Waals surface area (Å²) in [6.45, 7) is 3.56. The largest absolute Gasteiger partial charge is 0.487 e. The summed E-state index contributed by atoms with van der Waals surface area (Å²) in [5.74, 6) is 1.77. The number of hydrogen-bond donors (Lipinski definition) is 2. The van der Waals surface area contributed by atoms with Crippen molar-refractivity contribution in [1.82, 2.24) is 20.3 Å². The lowest BCUT2D eigenvalue weighted by Gasteiger charge is -2.38. The zero-order valence-corrected chi connectivity index (χ0v) is 17.0. The highest BCUT2D eigenvalue weighted by molar-refractivity contribution is 5.95. The zero-order valence-electron chi connectivity index (χ0n) is 17.0. The van der Waals surface area contributed by atoms with Crippen LogP contribution in [-0.2, 0) is 6.42 Å². The maximum atomic E-state index is 11.8. The third-order valence-corrected chi connectivity index (χ3v) is 4.91. The SMILES string of the molecule is CCc1cccc(OC2CN(c3ncnc(Nc4cccc(C(=O)NC)c4)n3)C2)c1. The molecule has 0 bridgehead atoms. The van der Waals surface area contributed by atoms with Crippen molar-refractivity contribution in [3.8, 4) is 5.75 Å². The van der Waals surface area contributed by atoms with Crippen LogP contribution in [0.4, 0.5) is 17.6 Å². The Bertz CT molecular complexity index is 1040. The lowest BCUT2D eigenvalue weighted by Crippen LogP contribution is -2.54. The van der Waals surface area contributed by atoms with E-state index in [0.29, 0.717) is 30.5 Å². The summed E-state index contributed by atoms with van der Waals surface area (Å²) in [6, 6.07) is 15.4. The number of benzene rings is 2. The van der Waals surface area contributed by atoms with Crippen molar-refractivity contribution in [2.45, 2.75) is 19.4 Å². The molecule has 0 aliphatic carbocycles. The maximum absolute atomic E-state index is 11.8. The molecule has 1 aromatic heterocycles. The van der Waals surface area contributed by atoms with Crippen molar-refractivity contribution >= 4 is 23.5 Å². The predicted molar refractivity (Wildman–Crippen MR) is 115 cm³/mol. The van der Waals surface area contributed by atoms with Gasteiger partial charge in [-0.15, -0.1) is 0 Å². The van der Waals surface area contributed by atoms with Crippen LogP contribution in [0.2, 0.25) is 0 Å². The number of nitrogens with one attached hydrogen (secondary N) is 2. The lowest BCUT2D eigenvalue weighted by atomic mass is 10.1. The van der Waals surface area contributed by atoms with Gasteiger partial charge < -0.3 is 20.3 Å². The van der Waals surface area contributed by atoms with Crippen molar-refractivity contribution in [3.63, 3.8) is 0 Å². The first-order valence-electron chi connectivity index (χ1n) is 9.93. The number of amides is 1. The second-order valence-corrected chi connectivity index (χ2v) is 7.04. The summed E-state index contributed by atoms with van der Waals surface area (Å²) in [5, 5.41) is 5.74. The van der Waals surface area contributed by atoms with Gasteiger partial charge in [-0.05, 0) is 42.3 Å². The Morgan fingerprint density at radius 2 is 2.00 bits per heavy atom. The van der Waals surface area contributed by atoms with Crippen molar-refractivity contribution < 1.29 is 9.53 Å². The van der Waals surface area contributed by atoms with E-state index >= 15 is 0 Å². The zero-order chi connectivity index (χ0) is 20.9. The monoisotopic (exact) mass is 404 g/mol. The number of hydrogen-bond acceptors (Lipinski definition) is 7. The summed E-state index contributed by atoms with van der Waals surface area (Å²) in [6.07, 6.45) is 2.57. The van der Waals surface area contributed by atoms with E-state index in [9.17, 15) is 4.79 Å². The van der Waals surface area contributed by atoms with Crippen LogP contribution in [0.15, 0.2) is 54.9 Å². The molecule has 4 rings (SSSR count). The average molecular weight is 404 g/mol. The summed E-state index contributed by atoms with van der Waals surface area (Å²) in [7, 11) is 1.60. The molecule has 1 aliphatic rings. The summed E-state index contributed by atoms with van der Waals surface area (Å²) in [5.41, 5.74) is 2.55. The van der Waals surface area contributed by atoms with Gasteiger partial charge in [-0.25, -0.2) is 9.97 Å². The quantitative estimate of drug-likeness (QED) is 0.625. The number of nitrogens with zero attached hydrogens (tertiary/aromatic N) is 4. The van der Waals surface area contributed by atoms with Gasteiger partial charge in [0, 0.05) is 18.3 Å². The summed E-state index contributed by atoms with van der Waals surface area (Å²) >= 11 is 0. The summed E-state index contributed by atoms with van der Waals surface area (Å²) < 4.78 is 6.05. The molecular formula is C22H24N6O2. The van der Waals surface area contributed by atoms with Gasteiger partial charge in [0.15, 0.2) is 0 Å². The molecule has 1 aliphatic heterocycles. The number of aryl methyl sites for hydroxylation is 1. The van der Waals surface area contributed by atoms with E-state index in [4.69, 9.17) is 4.74 Å². The van der Waals surface area contributed by atoms with E-state index < -0.39 is 0 Å². The van der Waals surface area contributed by atoms with E-state index in [1.807, 2.05) is 23.1 Å². The Hall–Kier alpha value is -3.68. The number of carbonyl (C=O) groups excluding carboxylic acids is 1. The van der Waals surface area contributed by atoms with Crippen LogP contribution in [0, 0.1) is 0 Å². The van der Waals surface area contributed by atoms with Crippen LogP contribution < -0.4 is 20.3 Å². The second kappa shape index (κ2) is 8.77. The topological polar surface area (TPSA) is 92.3 Å². The lowest BCUT2D eigenvalue weighted by molar-refractivity contribution is 0.0963. The summed E-state index contributed by atoms with van der Waals surface area (Å²) in [4.78, 5) is 26.8. The van der Waals surface area contributed by atoms with Gasteiger partial charge in [0.2, 0.25) is 11.9 Å². The van der Waals surface area contributed by atoms with Crippen LogP contribution >= 0.6 is 0 Å². The molecular weight excluding hydrogens is 380 g/mol. The Morgan fingerprint density at radius 3 is 2.80 bits per heavy atom. The minimum Gasteiger partial charge on any atom is -0.487 e. The fourth-order valence-corrected chi connectivity index (χ4v) is 3.22. The molecule has 1 saturated heterocycles. The number of ether oxygens (including phenoxy) is 1. The molecule has 30 heavy (non-hydrogen) atoms. The van der Waals surface area contributed by atoms with Gasteiger partial charge in [0.25, 0.3) is 5.91 Å². The number of rotatable bonds is 7. The van der Waals surface area contributed by atoms with Gasteiger partial charge >= 0.3 is 0 Å². The molecule has 8 heteroatoms. The van der Waals surface area contributed by atoms with Crippen LogP contribution in [0.1, 0.15) is 22.8 Å². The molecule has 0 saturated carbocycles. The molecule has 3 aromatic rings. The van der Waals surface area contributed by atoms with Crippen molar-refractivity contribution in [2.75, 3.05) is 30.4 Å². The normalized spacial score (nSPS) is 13.5. The minimum absolute atomic E-state index is 0.106. The Morgan fingerprint density at radius 1 is 1.17 bits per heavy atom. The molecule has 2 aromatic carbocycles.